The average molecular weight is 233 g/mol. The van der Waals surface area contributed by atoms with Crippen LogP contribution in [0.5, 0.6) is 0 Å². The highest BCUT2D eigenvalue weighted by Gasteiger charge is 2.21. The van der Waals surface area contributed by atoms with Crippen molar-refractivity contribution in [2.75, 3.05) is 11.9 Å². The quantitative estimate of drug-likeness (QED) is 0.601. The van der Waals surface area contributed by atoms with Crippen LogP contribution in [-0.4, -0.2) is 17.2 Å². The number of hydrogen-bond donors (Lipinski definition) is 2. The maximum absolute atomic E-state index is 8.22. The SMILES string of the molecule is CCCCNc1ncccc1C(=N)C(C)(C)C. The van der Waals surface area contributed by atoms with Gasteiger partial charge in [0.2, 0.25) is 0 Å². The minimum absolute atomic E-state index is 0.149. The second-order valence-electron chi connectivity index (χ2n) is 5.30. The van der Waals surface area contributed by atoms with Gasteiger partial charge in [0.15, 0.2) is 0 Å². The predicted octanol–water partition coefficient (Wildman–Crippen LogP) is 3.71. The summed E-state index contributed by atoms with van der Waals surface area (Å²) in [6.07, 6.45) is 4.05. The van der Waals surface area contributed by atoms with E-state index in [-0.39, 0.29) is 5.41 Å². The fourth-order valence-corrected chi connectivity index (χ4v) is 1.54. The van der Waals surface area contributed by atoms with Crippen molar-refractivity contribution in [3.05, 3.63) is 23.9 Å². The molecule has 0 spiro atoms. The number of pyridine rings is 1. The predicted molar refractivity (Wildman–Crippen MR) is 73.9 cm³/mol. The van der Waals surface area contributed by atoms with Crippen LogP contribution >= 0.6 is 0 Å². The van der Waals surface area contributed by atoms with Gasteiger partial charge >= 0.3 is 0 Å². The van der Waals surface area contributed by atoms with Crippen molar-refractivity contribution in [3.8, 4) is 0 Å². The molecule has 0 amide bonds. The highest BCUT2D eigenvalue weighted by molar-refractivity contribution is 6.05. The van der Waals surface area contributed by atoms with E-state index in [1.165, 1.54) is 0 Å². The maximum Gasteiger partial charge on any atom is 0.135 e. The van der Waals surface area contributed by atoms with Crippen molar-refractivity contribution in [1.29, 1.82) is 5.41 Å². The lowest BCUT2D eigenvalue weighted by atomic mass is 9.86. The molecule has 0 aromatic carbocycles. The molecule has 0 saturated carbocycles. The minimum Gasteiger partial charge on any atom is -0.370 e. The van der Waals surface area contributed by atoms with E-state index in [0.29, 0.717) is 5.71 Å². The number of rotatable bonds is 5. The zero-order valence-corrected chi connectivity index (χ0v) is 11.3. The Morgan fingerprint density at radius 1 is 1.41 bits per heavy atom. The third-order valence-corrected chi connectivity index (χ3v) is 2.65. The lowest BCUT2D eigenvalue weighted by Gasteiger charge is -2.21. The van der Waals surface area contributed by atoms with Crippen LogP contribution in [0.2, 0.25) is 0 Å². The van der Waals surface area contributed by atoms with E-state index in [1.54, 1.807) is 6.20 Å². The highest BCUT2D eigenvalue weighted by atomic mass is 15.0. The Balaban J connectivity index is 2.88. The molecule has 0 bridgehead atoms. The summed E-state index contributed by atoms with van der Waals surface area (Å²) in [6.45, 7) is 9.24. The zero-order chi connectivity index (χ0) is 12.9. The summed E-state index contributed by atoms with van der Waals surface area (Å²) in [7, 11) is 0. The van der Waals surface area contributed by atoms with Crippen molar-refractivity contribution in [2.45, 2.75) is 40.5 Å². The molecule has 0 radical (unpaired) electrons. The second kappa shape index (κ2) is 5.80. The van der Waals surface area contributed by atoms with Crippen molar-refractivity contribution in [1.82, 2.24) is 4.98 Å². The van der Waals surface area contributed by atoms with Crippen molar-refractivity contribution < 1.29 is 0 Å². The van der Waals surface area contributed by atoms with Gasteiger partial charge in [0.1, 0.15) is 5.82 Å². The number of anilines is 1. The molecule has 3 heteroatoms. The smallest absolute Gasteiger partial charge is 0.135 e. The van der Waals surface area contributed by atoms with E-state index in [1.807, 2.05) is 12.1 Å². The molecule has 1 aromatic rings. The molecule has 0 aliphatic rings. The van der Waals surface area contributed by atoms with Gasteiger partial charge in [-0.3, -0.25) is 0 Å². The molecule has 0 unspecified atom stereocenters. The summed E-state index contributed by atoms with van der Waals surface area (Å²) in [5.74, 6) is 0.834. The fourth-order valence-electron chi connectivity index (χ4n) is 1.54. The Bertz CT molecular complexity index is 377. The molecule has 1 aromatic heterocycles. The topological polar surface area (TPSA) is 48.8 Å². The van der Waals surface area contributed by atoms with Gasteiger partial charge in [-0.05, 0) is 18.6 Å². The van der Waals surface area contributed by atoms with Crippen LogP contribution < -0.4 is 5.32 Å². The molecule has 0 aliphatic carbocycles. The Morgan fingerprint density at radius 3 is 2.71 bits per heavy atom. The molecule has 17 heavy (non-hydrogen) atoms. The second-order valence-corrected chi connectivity index (χ2v) is 5.30. The van der Waals surface area contributed by atoms with Crippen LogP contribution in [0.3, 0.4) is 0 Å². The van der Waals surface area contributed by atoms with Gasteiger partial charge < -0.3 is 10.7 Å². The monoisotopic (exact) mass is 233 g/mol. The first-order valence-electron chi connectivity index (χ1n) is 6.25. The molecule has 2 N–H and O–H groups in total. The van der Waals surface area contributed by atoms with Crippen LogP contribution in [0.25, 0.3) is 0 Å². The first-order valence-corrected chi connectivity index (χ1v) is 6.25. The Kier molecular flexibility index (Phi) is 4.67. The minimum atomic E-state index is -0.149. The van der Waals surface area contributed by atoms with E-state index in [4.69, 9.17) is 5.41 Å². The van der Waals surface area contributed by atoms with Crippen LogP contribution in [0.1, 0.15) is 46.1 Å². The van der Waals surface area contributed by atoms with Gasteiger partial charge in [-0.2, -0.15) is 0 Å². The first-order chi connectivity index (χ1) is 7.96. The van der Waals surface area contributed by atoms with E-state index >= 15 is 0 Å². The van der Waals surface area contributed by atoms with Crippen LogP contribution in [0, 0.1) is 10.8 Å². The number of unbranched alkanes of at least 4 members (excludes halogenated alkanes) is 1. The Labute approximate surface area is 104 Å². The van der Waals surface area contributed by atoms with Gasteiger partial charge in [0.05, 0.1) is 0 Å². The summed E-state index contributed by atoms with van der Waals surface area (Å²) in [5, 5.41) is 11.5. The number of nitrogens with one attached hydrogen (secondary N) is 2. The van der Waals surface area contributed by atoms with E-state index < -0.39 is 0 Å². The summed E-state index contributed by atoms with van der Waals surface area (Å²) in [6, 6.07) is 3.86. The largest absolute Gasteiger partial charge is 0.370 e. The average Bonchev–Trinajstić information content (AvgIpc) is 2.28. The maximum atomic E-state index is 8.22. The van der Waals surface area contributed by atoms with Gasteiger partial charge in [-0.1, -0.05) is 34.1 Å². The van der Waals surface area contributed by atoms with Crippen LogP contribution in [0.4, 0.5) is 5.82 Å². The van der Waals surface area contributed by atoms with Crippen molar-refractivity contribution in [3.63, 3.8) is 0 Å². The fraction of sp³-hybridized carbons (Fsp3) is 0.571. The molecule has 1 heterocycles. The molecule has 3 nitrogen and oxygen atoms in total. The molecule has 0 aliphatic heterocycles. The van der Waals surface area contributed by atoms with Gasteiger partial charge in [0.25, 0.3) is 0 Å². The first kappa shape index (κ1) is 13.7. The normalized spacial score (nSPS) is 11.3. The van der Waals surface area contributed by atoms with Gasteiger partial charge in [-0.15, -0.1) is 0 Å². The molecular formula is C14H23N3. The number of nitrogens with zero attached hydrogens (tertiary/aromatic N) is 1. The Hall–Kier alpha value is -1.38. The molecular weight excluding hydrogens is 210 g/mol. The standard InChI is InChI=1S/C14H23N3/c1-5-6-9-16-13-11(8-7-10-17-13)12(15)14(2,3)4/h7-8,10,15H,5-6,9H2,1-4H3,(H,16,17). The number of hydrogen-bond acceptors (Lipinski definition) is 3. The third-order valence-electron chi connectivity index (χ3n) is 2.65. The third kappa shape index (κ3) is 3.84. The molecule has 94 valence electrons. The van der Waals surface area contributed by atoms with Crippen LogP contribution in [-0.2, 0) is 0 Å². The highest BCUT2D eigenvalue weighted by Crippen LogP contribution is 2.24. The van der Waals surface area contributed by atoms with E-state index in [2.05, 4.69) is 38.0 Å². The van der Waals surface area contributed by atoms with Gasteiger partial charge in [-0.25, -0.2) is 4.98 Å². The lowest BCUT2D eigenvalue weighted by Crippen LogP contribution is -2.22. The van der Waals surface area contributed by atoms with E-state index in [0.717, 1.165) is 30.8 Å². The number of aromatic nitrogens is 1. The van der Waals surface area contributed by atoms with Gasteiger partial charge in [0, 0.05) is 29.4 Å². The summed E-state index contributed by atoms with van der Waals surface area (Å²) in [5.41, 5.74) is 1.39. The molecule has 0 saturated heterocycles. The Morgan fingerprint density at radius 2 is 2.12 bits per heavy atom. The zero-order valence-electron chi connectivity index (χ0n) is 11.3. The van der Waals surface area contributed by atoms with Crippen molar-refractivity contribution >= 4 is 11.5 Å². The van der Waals surface area contributed by atoms with Crippen LogP contribution in [0.15, 0.2) is 18.3 Å². The lowest BCUT2D eigenvalue weighted by molar-refractivity contribution is 0.588. The van der Waals surface area contributed by atoms with Crippen molar-refractivity contribution in [2.24, 2.45) is 5.41 Å². The van der Waals surface area contributed by atoms with E-state index in [9.17, 15) is 0 Å². The summed E-state index contributed by atoms with van der Waals surface area (Å²) in [4.78, 5) is 4.33. The molecule has 0 atom stereocenters. The molecule has 1 rings (SSSR count). The summed E-state index contributed by atoms with van der Waals surface area (Å²) >= 11 is 0. The molecule has 0 fully saturated rings. The summed E-state index contributed by atoms with van der Waals surface area (Å²) < 4.78 is 0.